The highest BCUT2D eigenvalue weighted by Crippen LogP contribution is 2.36. The van der Waals surface area contributed by atoms with Crippen molar-refractivity contribution in [3.8, 4) is 0 Å². The minimum atomic E-state index is -4.15. The number of halogens is 3. The first-order valence-electron chi connectivity index (χ1n) is 5.24. The number of thioether (sulfide) groups is 1. The Morgan fingerprint density at radius 1 is 1.41 bits per heavy atom. The average molecular weight is 267 g/mol. The largest absolute Gasteiger partial charge is 0.401 e. The fourth-order valence-electron chi connectivity index (χ4n) is 1.27. The van der Waals surface area contributed by atoms with Crippen molar-refractivity contribution in [3.63, 3.8) is 0 Å². The Morgan fingerprint density at radius 3 is 2.82 bits per heavy atom. The van der Waals surface area contributed by atoms with Crippen LogP contribution in [0.2, 0.25) is 0 Å². The van der Waals surface area contributed by atoms with Crippen LogP contribution in [0.5, 0.6) is 0 Å². The highest BCUT2D eigenvalue weighted by molar-refractivity contribution is 7.99. The number of alkyl halides is 3. The van der Waals surface area contributed by atoms with Crippen molar-refractivity contribution in [2.24, 2.45) is 0 Å². The maximum atomic E-state index is 11.8. The third-order valence-electron chi connectivity index (χ3n) is 2.19. The maximum Gasteiger partial charge on any atom is 0.401 e. The molecule has 17 heavy (non-hydrogen) atoms. The molecule has 1 fully saturated rings. The Bertz CT molecular complexity index is 362. The molecular weight excluding hydrogens is 255 g/mol. The number of hydrogen-bond donors (Lipinski definition) is 1. The number of nitrogens with zero attached hydrogens (tertiary/aromatic N) is 4. The SMILES string of the molecule is FC(F)(F)CNCCSc1nnnn1C1CC1. The minimum Gasteiger partial charge on any atom is -0.308 e. The predicted molar refractivity (Wildman–Crippen MR) is 55.7 cm³/mol. The van der Waals surface area contributed by atoms with Gasteiger partial charge in [0.1, 0.15) is 0 Å². The Labute approximate surface area is 100 Å². The lowest BCUT2D eigenvalue weighted by Gasteiger charge is -2.07. The third-order valence-corrected chi connectivity index (χ3v) is 3.13. The maximum absolute atomic E-state index is 11.8. The molecule has 1 heterocycles. The topological polar surface area (TPSA) is 55.6 Å². The second-order valence-corrected chi connectivity index (χ2v) is 4.84. The summed E-state index contributed by atoms with van der Waals surface area (Å²) in [7, 11) is 0. The van der Waals surface area contributed by atoms with Crippen LogP contribution < -0.4 is 5.32 Å². The lowest BCUT2D eigenvalue weighted by Crippen LogP contribution is -2.30. The van der Waals surface area contributed by atoms with Gasteiger partial charge in [0.25, 0.3) is 0 Å². The van der Waals surface area contributed by atoms with E-state index in [4.69, 9.17) is 0 Å². The molecule has 1 saturated carbocycles. The molecular formula is C8H12F3N5S. The van der Waals surface area contributed by atoms with Crippen LogP contribution in [0.25, 0.3) is 0 Å². The van der Waals surface area contributed by atoms with Crippen LogP contribution in [0.15, 0.2) is 5.16 Å². The second kappa shape index (κ2) is 5.21. The average Bonchev–Trinajstić information content (AvgIpc) is 2.97. The minimum absolute atomic E-state index is 0.279. The molecule has 0 aromatic carbocycles. The molecule has 5 nitrogen and oxygen atoms in total. The Balaban J connectivity index is 1.66. The van der Waals surface area contributed by atoms with Gasteiger partial charge in [0, 0.05) is 12.3 Å². The van der Waals surface area contributed by atoms with E-state index in [2.05, 4.69) is 20.8 Å². The van der Waals surface area contributed by atoms with Gasteiger partial charge in [-0.1, -0.05) is 11.8 Å². The van der Waals surface area contributed by atoms with E-state index in [9.17, 15) is 13.2 Å². The lowest BCUT2D eigenvalue weighted by atomic mass is 10.6. The zero-order chi connectivity index (χ0) is 12.3. The molecule has 96 valence electrons. The van der Waals surface area contributed by atoms with E-state index in [1.807, 2.05) is 0 Å². The van der Waals surface area contributed by atoms with Crippen LogP contribution in [-0.4, -0.2) is 45.2 Å². The summed E-state index contributed by atoms with van der Waals surface area (Å²) in [6.45, 7) is -0.678. The van der Waals surface area contributed by atoms with Crippen molar-refractivity contribution in [2.45, 2.75) is 30.2 Å². The third kappa shape index (κ3) is 4.15. The molecule has 0 amide bonds. The van der Waals surface area contributed by atoms with Gasteiger partial charge in [0.05, 0.1) is 12.6 Å². The molecule has 0 atom stereocenters. The summed E-state index contributed by atoms with van der Waals surface area (Å²) < 4.78 is 37.2. The molecule has 1 N–H and O–H groups in total. The first-order chi connectivity index (χ1) is 8.06. The van der Waals surface area contributed by atoms with Gasteiger partial charge in [-0.3, -0.25) is 0 Å². The molecule has 0 aliphatic heterocycles. The van der Waals surface area contributed by atoms with Crippen LogP contribution >= 0.6 is 11.8 Å². The molecule has 9 heteroatoms. The summed E-state index contributed by atoms with van der Waals surface area (Å²) in [4.78, 5) is 0. The van der Waals surface area contributed by atoms with Gasteiger partial charge in [0.2, 0.25) is 5.16 Å². The molecule has 0 spiro atoms. The van der Waals surface area contributed by atoms with E-state index in [0.717, 1.165) is 12.8 Å². The van der Waals surface area contributed by atoms with Crippen LogP contribution in [0, 0.1) is 0 Å². The molecule has 1 aromatic heterocycles. The Kier molecular flexibility index (Phi) is 3.87. The van der Waals surface area contributed by atoms with Crippen molar-refractivity contribution in [3.05, 3.63) is 0 Å². The van der Waals surface area contributed by atoms with Crippen LogP contribution in [0.4, 0.5) is 13.2 Å². The summed E-state index contributed by atoms with van der Waals surface area (Å²) in [6.07, 6.45) is -2.00. The van der Waals surface area contributed by atoms with Crippen molar-refractivity contribution in [1.82, 2.24) is 25.5 Å². The molecule has 0 bridgehead atoms. The van der Waals surface area contributed by atoms with Crippen molar-refractivity contribution >= 4 is 11.8 Å². The Morgan fingerprint density at radius 2 is 2.18 bits per heavy atom. The first kappa shape index (κ1) is 12.6. The number of tetrazole rings is 1. The van der Waals surface area contributed by atoms with Gasteiger partial charge < -0.3 is 5.32 Å². The van der Waals surface area contributed by atoms with Crippen molar-refractivity contribution in [1.29, 1.82) is 0 Å². The molecule has 2 rings (SSSR count). The molecule has 0 radical (unpaired) electrons. The predicted octanol–water partition coefficient (Wildman–Crippen LogP) is 1.25. The summed E-state index contributed by atoms with van der Waals surface area (Å²) in [5.74, 6) is 0.517. The van der Waals surface area contributed by atoms with Gasteiger partial charge in [-0.2, -0.15) is 13.2 Å². The number of hydrogen-bond acceptors (Lipinski definition) is 5. The van der Waals surface area contributed by atoms with Gasteiger partial charge in [-0.25, -0.2) is 4.68 Å². The van der Waals surface area contributed by atoms with E-state index in [1.165, 1.54) is 11.8 Å². The van der Waals surface area contributed by atoms with Crippen LogP contribution in [0.3, 0.4) is 0 Å². The van der Waals surface area contributed by atoms with E-state index in [0.29, 0.717) is 17.0 Å². The standard InChI is InChI=1S/C8H12F3N5S/c9-8(10,11)5-12-3-4-17-7-13-14-15-16(7)6-1-2-6/h6,12H,1-5H2. The summed E-state index contributed by atoms with van der Waals surface area (Å²) >= 11 is 1.37. The highest BCUT2D eigenvalue weighted by atomic mass is 32.2. The van der Waals surface area contributed by atoms with Crippen LogP contribution in [0.1, 0.15) is 18.9 Å². The smallest absolute Gasteiger partial charge is 0.308 e. The molecule has 1 aromatic rings. The zero-order valence-electron chi connectivity index (χ0n) is 8.94. The fourth-order valence-corrected chi connectivity index (χ4v) is 2.11. The molecule has 0 unspecified atom stereocenters. The highest BCUT2D eigenvalue weighted by Gasteiger charge is 2.28. The summed E-state index contributed by atoms with van der Waals surface area (Å²) in [6, 6.07) is 0.385. The van der Waals surface area contributed by atoms with Gasteiger partial charge in [-0.05, 0) is 23.3 Å². The summed E-state index contributed by atoms with van der Waals surface area (Å²) in [5, 5.41) is 14.3. The molecule has 1 aliphatic rings. The lowest BCUT2D eigenvalue weighted by molar-refractivity contribution is -0.124. The van der Waals surface area contributed by atoms with Crippen LogP contribution in [-0.2, 0) is 0 Å². The first-order valence-corrected chi connectivity index (χ1v) is 6.23. The quantitative estimate of drug-likeness (QED) is 0.621. The number of rotatable bonds is 6. The Hall–Kier alpha value is -0.830. The number of aromatic nitrogens is 4. The normalized spacial score (nSPS) is 16.4. The van der Waals surface area contributed by atoms with E-state index in [1.54, 1.807) is 4.68 Å². The van der Waals surface area contributed by atoms with E-state index in [-0.39, 0.29) is 6.54 Å². The second-order valence-electron chi connectivity index (χ2n) is 3.78. The van der Waals surface area contributed by atoms with Gasteiger partial charge in [-0.15, -0.1) is 5.10 Å². The van der Waals surface area contributed by atoms with E-state index >= 15 is 0 Å². The van der Waals surface area contributed by atoms with Crippen molar-refractivity contribution < 1.29 is 13.2 Å². The van der Waals surface area contributed by atoms with Gasteiger partial charge >= 0.3 is 6.18 Å². The monoisotopic (exact) mass is 267 g/mol. The fraction of sp³-hybridized carbons (Fsp3) is 0.875. The summed E-state index contributed by atoms with van der Waals surface area (Å²) in [5.41, 5.74) is 0. The zero-order valence-corrected chi connectivity index (χ0v) is 9.76. The number of nitrogens with one attached hydrogen (secondary N) is 1. The van der Waals surface area contributed by atoms with Gasteiger partial charge in [0.15, 0.2) is 0 Å². The molecule has 1 aliphatic carbocycles. The van der Waals surface area contributed by atoms with Crippen molar-refractivity contribution in [2.75, 3.05) is 18.8 Å². The van der Waals surface area contributed by atoms with E-state index < -0.39 is 12.7 Å². The molecule has 0 saturated heterocycles.